The molecule has 0 saturated carbocycles. The first-order chi connectivity index (χ1) is 11.0. The van der Waals surface area contributed by atoms with E-state index in [4.69, 9.17) is 4.42 Å². The van der Waals surface area contributed by atoms with E-state index in [-0.39, 0.29) is 16.5 Å². The summed E-state index contributed by atoms with van der Waals surface area (Å²) in [6, 6.07) is 10.7. The largest absolute Gasteiger partial charge is 0.437 e. The maximum Gasteiger partial charge on any atom is 0.220 e. The Morgan fingerprint density at radius 3 is 2.74 bits per heavy atom. The van der Waals surface area contributed by atoms with Gasteiger partial charge in [0.05, 0.1) is 10.6 Å². The van der Waals surface area contributed by atoms with Gasteiger partial charge in [0.25, 0.3) is 0 Å². The minimum Gasteiger partial charge on any atom is -0.437 e. The average molecular weight is 331 g/mol. The van der Waals surface area contributed by atoms with Crippen molar-refractivity contribution in [2.75, 3.05) is 5.75 Å². The van der Waals surface area contributed by atoms with E-state index in [0.717, 1.165) is 0 Å². The molecule has 0 radical (unpaired) electrons. The van der Waals surface area contributed by atoms with Crippen LogP contribution in [0.2, 0.25) is 0 Å². The van der Waals surface area contributed by atoms with Crippen molar-refractivity contribution in [1.82, 2.24) is 4.98 Å². The summed E-state index contributed by atoms with van der Waals surface area (Å²) in [5.41, 5.74) is 1.65. The van der Waals surface area contributed by atoms with Crippen molar-refractivity contribution in [2.45, 2.75) is 11.8 Å². The Balaban J connectivity index is 1.94. The van der Waals surface area contributed by atoms with Gasteiger partial charge in [-0.25, -0.2) is 17.8 Å². The van der Waals surface area contributed by atoms with E-state index in [0.29, 0.717) is 22.6 Å². The molecule has 6 heteroatoms. The molecule has 0 bridgehead atoms. The summed E-state index contributed by atoms with van der Waals surface area (Å²) in [6.07, 6.45) is 3.29. The van der Waals surface area contributed by atoms with E-state index in [1.807, 2.05) is 0 Å². The number of hydrogen-bond donors (Lipinski definition) is 0. The topological polar surface area (TPSA) is 60.2 Å². The third kappa shape index (κ3) is 3.32. The molecular formula is C17H14FNO3S. The van der Waals surface area contributed by atoms with E-state index in [9.17, 15) is 12.8 Å². The summed E-state index contributed by atoms with van der Waals surface area (Å²) < 4.78 is 42.4. The Kier molecular flexibility index (Phi) is 4.00. The highest BCUT2D eigenvalue weighted by molar-refractivity contribution is 7.91. The summed E-state index contributed by atoms with van der Waals surface area (Å²) in [5, 5.41) is 0. The van der Waals surface area contributed by atoms with Crippen LogP contribution in [-0.2, 0) is 9.84 Å². The van der Waals surface area contributed by atoms with Crippen LogP contribution in [0.5, 0.6) is 0 Å². The Hall–Kier alpha value is -2.47. The van der Waals surface area contributed by atoms with Crippen LogP contribution in [0.4, 0.5) is 4.39 Å². The number of sulfone groups is 1. The van der Waals surface area contributed by atoms with Crippen molar-refractivity contribution in [3.63, 3.8) is 0 Å². The van der Waals surface area contributed by atoms with Crippen LogP contribution >= 0.6 is 0 Å². The Morgan fingerprint density at radius 1 is 1.17 bits per heavy atom. The number of aromatic nitrogens is 1. The van der Waals surface area contributed by atoms with E-state index in [1.165, 1.54) is 24.3 Å². The van der Waals surface area contributed by atoms with Crippen LogP contribution < -0.4 is 0 Å². The molecule has 0 unspecified atom stereocenters. The van der Waals surface area contributed by atoms with Crippen molar-refractivity contribution >= 4 is 33.1 Å². The molecule has 0 aliphatic carbocycles. The second-order valence-electron chi connectivity index (χ2n) is 4.97. The van der Waals surface area contributed by atoms with Gasteiger partial charge < -0.3 is 4.42 Å². The summed E-state index contributed by atoms with van der Waals surface area (Å²) in [5.74, 6) is 0.0392. The minimum absolute atomic E-state index is 0.0304. The maximum atomic E-state index is 13.1. The molecule has 0 fully saturated rings. The molecule has 0 atom stereocenters. The second-order valence-corrected chi connectivity index (χ2v) is 7.25. The number of halogens is 1. The van der Waals surface area contributed by atoms with Gasteiger partial charge in [-0.05, 0) is 42.0 Å². The molecular weight excluding hydrogens is 317 g/mol. The first kappa shape index (κ1) is 15.4. The van der Waals surface area contributed by atoms with Gasteiger partial charge in [0.2, 0.25) is 5.89 Å². The summed E-state index contributed by atoms with van der Waals surface area (Å²) in [4.78, 5) is 4.47. The van der Waals surface area contributed by atoms with Crippen LogP contribution in [0.25, 0.3) is 23.3 Å². The fraction of sp³-hybridized carbons (Fsp3) is 0.118. The number of fused-ring (bicyclic) bond motifs is 1. The summed E-state index contributed by atoms with van der Waals surface area (Å²) in [6.45, 7) is 1.59. The molecule has 1 aromatic heterocycles. The predicted molar refractivity (Wildman–Crippen MR) is 87.1 cm³/mol. The van der Waals surface area contributed by atoms with Crippen molar-refractivity contribution < 1.29 is 17.2 Å². The van der Waals surface area contributed by atoms with Gasteiger partial charge in [-0.1, -0.05) is 19.1 Å². The normalized spacial score (nSPS) is 12.3. The average Bonchev–Trinajstić information content (AvgIpc) is 2.95. The quantitative estimate of drug-likeness (QED) is 0.727. The standard InChI is InChI=1S/C17H14FNO3S/c1-2-23(20,21)14-7-8-16-15(11-14)19-17(22-16)9-6-12-4-3-5-13(18)10-12/h3-11H,2H2,1H3/b9-6+. The smallest absolute Gasteiger partial charge is 0.220 e. The van der Waals surface area contributed by atoms with Crippen LogP contribution in [0.15, 0.2) is 51.8 Å². The highest BCUT2D eigenvalue weighted by Crippen LogP contribution is 2.22. The number of benzene rings is 2. The number of oxazole rings is 1. The molecule has 2 aromatic carbocycles. The zero-order valence-electron chi connectivity index (χ0n) is 12.4. The van der Waals surface area contributed by atoms with Crippen LogP contribution in [-0.4, -0.2) is 19.2 Å². The van der Waals surface area contributed by atoms with Gasteiger partial charge in [0.1, 0.15) is 11.3 Å². The fourth-order valence-corrected chi connectivity index (χ4v) is 3.03. The molecule has 0 aliphatic rings. The summed E-state index contributed by atoms with van der Waals surface area (Å²) >= 11 is 0. The summed E-state index contributed by atoms with van der Waals surface area (Å²) in [7, 11) is -3.28. The zero-order valence-corrected chi connectivity index (χ0v) is 13.2. The number of rotatable bonds is 4. The third-order valence-corrected chi connectivity index (χ3v) is 5.11. The van der Waals surface area contributed by atoms with Crippen molar-refractivity contribution in [3.8, 4) is 0 Å². The van der Waals surface area contributed by atoms with Gasteiger partial charge in [-0.2, -0.15) is 0 Å². The monoisotopic (exact) mass is 331 g/mol. The Bertz CT molecular complexity index is 990. The van der Waals surface area contributed by atoms with Gasteiger partial charge in [0, 0.05) is 6.08 Å². The zero-order chi connectivity index (χ0) is 16.4. The van der Waals surface area contributed by atoms with E-state index >= 15 is 0 Å². The molecule has 0 spiro atoms. The first-order valence-corrected chi connectivity index (χ1v) is 8.70. The molecule has 3 rings (SSSR count). The van der Waals surface area contributed by atoms with E-state index in [2.05, 4.69) is 4.98 Å². The van der Waals surface area contributed by atoms with Crippen LogP contribution in [0.3, 0.4) is 0 Å². The second kappa shape index (κ2) is 5.96. The maximum absolute atomic E-state index is 13.1. The lowest BCUT2D eigenvalue weighted by atomic mass is 10.2. The van der Waals surface area contributed by atoms with Crippen LogP contribution in [0, 0.1) is 5.82 Å². The highest BCUT2D eigenvalue weighted by Gasteiger charge is 2.13. The predicted octanol–water partition coefficient (Wildman–Crippen LogP) is 3.93. The van der Waals surface area contributed by atoms with E-state index in [1.54, 1.807) is 37.3 Å². The van der Waals surface area contributed by atoms with Crippen molar-refractivity contribution in [2.24, 2.45) is 0 Å². The minimum atomic E-state index is -3.28. The lowest BCUT2D eigenvalue weighted by molar-refractivity contribution is 0.589. The third-order valence-electron chi connectivity index (χ3n) is 3.38. The Morgan fingerprint density at radius 2 is 2.00 bits per heavy atom. The van der Waals surface area contributed by atoms with Gasteiger partial charge in [0.15, 0.2) is 15.4 Å². The highest BCUT2D eigenvalue weighted by atomic mass is 32.2. The first-order valence-electron chi connectivity index (χ1n) is 7.05. The van der Waals surface area contributed by atoms with Crippen LogP contribution in [0.1, 0.15) is 18.4 Å². The van der Waals surface area contributed by atoms with Gasteiger partial charge >= 0.3 is 0 Å². The van der Waals surface area contributed by atoms with Gasteiger partial charge in [-0.3, -0.25) is 0 Å². The van der Waals surface area contributed by atoms with Gasteiger partial charge in [-0.15, -0.1) is 0 Å². The molecule has 3 aromatic rings. The molecule has 0 saturated heterocycles. The van der Waals surface area contributed by atoms with Crippen molar-refractivity contribution in [1.29, 1.82) is 0 Å². The molecule has 0 N–H and O–H groups in total. The molecule has 0 aliphatic heterocycles. The molecule has 1 heterocycles. The lowest BCUT2D eigenvalue weighted by Gasteiger charge is -1.99. The lowest BCUT2D eigenvalue weighted by Crippen LogP contribution is -2.03. The molecule has 118 valence electrons. The number of hydrogen-bond acceptors (Lipinski definition) is 4. The molecule has 4 nitrogen and oxygen atoms in total. The Labute approximate surface area is 133 Å². The van der Waals surface area contributed by atoms with Crippen molar-refractivity contribution in [3.05, 3.63) is 59.7 Å². The molecule has 23 heavy (non-hydrogen) atoms. The fourth-order valence-electron chi connectivity index (χ4n) is 2.13. The number of nitrogens with zero attached hydrogens (tertiary/aromatic N) is 1. The SMILES string of the molecule is CCS(=O)(=O)c1ccc2oc(/C=C/c3cccc(F)c3)nc2c1. The molecule has 0 amide bonds. The van der Waals surface area contributed by atoms with E-state index < -0.39 is 9.84 Å².